The molecule has 1 saturated heterocycles. The molecule has 0 saturated carbocycles. The van der Waals surface area contributed by atoms with E-state index >= 15 is 0 Å². The lowest BCUT2D eigenvalue weighted by Crippen LogP contribution is -2.46. The third-order valence-corrected chi connectivity index (χ3v) is 6.37. The van der Waals surface area contributed by atoms with Gasteiger partial charge in [0.05, 0.1) is 5.56 Å². The van der Waals surface area contributed by atoms with E-state index in [0.29, 0.717) is 12.8 Å². The smallest absolute Gasteiger partial charge is 0.434 e. The fourth-order valence-corrected chi connectivity index (χ4v) is 4.39. The molecule has 1 unspecified atom stereocenters. The lowest BCUT2D eigenvalue weighted by Gasteiger charge is -2.26. The van der Waals surface area contributed by atoms with Gasteiger partial charge in [0.2, 0.25) is 17.7 Å². The number of guanidine groups is 1. The number of likely N-dealkylation sites (tertiary alicyclic amines) is 1. The maximum absolute atomic E-state index is 14.0. The summed E-state index contributed by atoms with van der Waals surface area (Å²) in [7, 11) is 0. The van der Waals surface area contributed by atoms with Gasteiger partial charge in [-0.05, 0) is 91.5 Å². The number of carboxylic acid groups (broad SMARTS) is 1. The molecule has 1 aliphatic rings. The standard InChI is InChI=1S/C30H38F3N5O6/c1-18(2)9-7-10-19(3)14-16-42-23-13-12-20(17-21(23)30(31,32)33)24-34-25(44-37-24)22-11-8-15-38(22)26(35-27(39)40)36-28(41)43-29(4,5)6/h9,12-14,17,22H,7-8,10-11,15-16H2,1-6H3,(H,39,40)(H,35,36,41)/b19-14+. The van der Waals surface area contributed by atoms with Crippen LogP contribution in [0.2, 0.25) is 0 Å². The topological polar surface area (TPSA) is 139 Å². The number of aromatic nitrogens is 2. The molecule has 1 aliphatic heterocycles. The number of aliphatic imine (C=N–C) groups is 1. The first-order chi connectivity index (χ1) is 20.5. The first-order valence-corrected chi connectivity index (χ1v) is 14.1. The number of rotatable bonds is 8. The zero-order chi connectivity index (χ0) is 32.7. The number of hydrogen-bond donors (Lipinski definition) is 2. The Morgan fingerprint density at radius 2 is 1.93 bits per heavy atom. The van der Waals surface area contributed by atoms with Crippen LogP contribution in [0.4, 0.5) is 22.8 Å². The molecule has 0 aliphatic carbocycles. The van der Waals surface area contributed by atoms with E-state index in [-0.39, 0.29) is 42.1 Å². The molecule has 0 bridgehead atoms. The summed E-state index contributed by atoms with van der Waals surface area (Å²) >= 11 is 0. The number of alkyl carbamates (subject to hydrolysis) is 1. The van der Waals surface area contributed by atoms with Crippen LogP contribution < -0.4 is 10.1 Å². The highest BCUT2D eigenvalue weighted by atomic mass is 19.4. The van der Waals surface area contributed by atoms with Crippen LogP contribution >= 0.6 is 0 Å². The Morgan fingerprint density at radius 3 is 2.57 bits per heavy atom. The summed E-state index contributed by atoms with van der Waals surface area (Å²) in [6, 6.07) is 2.81. The summed E-state index contributed by atoms with van der Waals surface area (Å²) in [5.74, 6) is -0.709. The highest BCUT2D eigenvalue weighted by molar-refractivity contribution is 5.98. The predicted molar refractivity (Wildman–Crippen MR) is 156 cm³/mol. The normalized spacial score (nSPS) is 16.1. The molecule has 14 heteroatoms. The first kappa shape index (κ1) is 34.1. The molecule has 1 aromatic carbocycles. The summed E-state index contributed by atoms with van der Waals surface area (Å²) in [5, 5.41) is 15.5. The van der Waals surface area contributed by atoms with E-state index in [9.17, 15) is 27.9 Å². The molecule has 240 valence electrons. The molecule has 2 heterocycles. The molecule has 11 nitrogen and oxygen atoms in total. The molecule has 1 fully saturated rings. The monoisotopic (exact) mass is 621 g/mol. The molecule has 0 spiro atoms. The number of hydrogen-bond acceptors (Lipinski definition) is 7. The Bertz CT molecular complexity index is 1420. The fourth-order valence-electron chi connectivity index (χ4n) is 4.39. The third-order valence-electron chi connectivity index (χ3n) is 6.37. The van der Waals surface area contributed by atoms with E-state index < -0.39 is 35.6 Å². The molecular formula is C30H38F3N5O6. The average molecular weight is 622 g/mol. The van der Waals surface area contributed by atoms with E-state index in [1.807, 2.05) is 20.8 Å². The van der Waals surface area contributed by atoms with Crippen LogP contribution in [0.5, 0.6) is 5.75 Å². The van der Waals surface area contributed by atoms with E-state index in [0.717, 1.165) is 24.5 Å². The van der Waals surface area contributed by atoms with Gasteiger partial charge < -0.3 is 24.0 Å². The van der Waals surface area contributed by atoms with Crippen LogP contribution in [0.3, 0.4) is 0 Å². The Labute approximate surface area is 253 Å². The Hall–Kier alpha value is -4.36. The van der Waals surface area contributed by atoms with Gasteiger partial charge in [0.15, 0.2) is 0 Å². The average Bonchev–Trinajstić information content (AvgIpc) is 3.56. The zero-order valence-corrected chi connectivity index (χ0v) is 25.6. The van der Waals surface area contributed by atoms with Crippen molar-refractivity contribution in [2.24, 2.45) is 4.99 Å². The van der Waals surface area contributed by atoms with Crippen molar-refractivity contribution in [2.75, 3.05) is 13.2 Å². The van der Waals surface area contributed by atoms with Crippen LogP contribution in [-0.4, -0.2) is 57.0 Å². The van der Waals surface area contributed by atoms with Crippen molar-refractivity contribution in [1.29, 1.82) is 0 Å². The molecule has 2 N–H and O–H groups in total. The van der Waals surface area contributed by atoms with Crippen LogP contribution in [0.15, 0.2) is 51.0 Å². The van der Waals surface area contributed by atoms with E-state index in [4.69, 9.17) is 14.0 Å². The van der Waals surface area contributed by atoms with Gasteiger partial charge in [0, 0.05) is 12.1 Å². The second-order valence-electron chi connectivity index (χ2n) is 11.5. The molecule has 44 heavy (non-hydrogen) atoms. The van der Waals surface area contributed by atoms with Crippen molar-refractivity contribution in [3.63, 3.8) is 0 Å². The van der Waals surface area contributed by atoms with Crippen LogP contribution in [0.1, 0.15) is 84.7 Å². The maximum atomic E-state index is 14.0. The number of alkyl halides is 3. The SMILES string of the molecule is CC(C)=CCC/C(C)=C/COc1ccc(-c2noc(C3CCCN3C(=NC(=O)O)NC(=O)OC(C)(C)C)n2)cc1C(F)(F)F. The van der Waals surface area contributed by atoms with E-state index in [1.54, 1.807) is 26.8 Å². The number of nitrogens with one attached hydrogen (secondary N) is 1. The minimum atomic E-state index is -4.71. The molecule has 2 aromatic rings. The van der Waals surface area contributed by atoms with Gasteiger partial charge in [-0.25, -0.2) is 9.59 Å². The Kier molecular flexibility index (Phi) is 11.2. The van der Waals surface area contributed by atoms with Gasteiger partial charge in [-0.15, -0.1) is 4.99 Å². The number of ether oxygens (including phenoxy) is 2. The lowest BCUT2D eigenvalue weighted by molar-refractivity contribution is -0.138. The molecule has 1 atom stereocenters. The highest BCUT2D eigenvalue weighted by Crippen LogP contribution is 2.39. The van der Waals surface area contributed by atoms with Crippen molar-refractivity contribution in [3.05, 3.63) is 53.0 Å². The summed E-state index contributed by atoms with van der Waals surface area (Å²) in [6.45, 7) is 11.1. The number of allylic oxidation sites excluding steroid dienone is 3. The Morgan fingerprint density at radius 1 is 1.20 bits per heavy atom. The largest absolute Gasteiger partial charge is 0.489 e. The number of carbonyl (C=O) groups excluding carboxylic acids is 1. The minimum absolute atomic E-state index is 0.0178. The third kappa shape index (κ3) is 10.1. The van der Waals surface area contributed by atoms with Crippen LogP contribution in [0, 0.1) is 0 Å². The van der Waals surface area contributed by atoms with Gasteiger partial charge in [0.25, 0.3) is 0 Å². The van der Waals surface area contributed by atoms with Gasteiger partial charge in [0.1, 0.15) is 24.0 Å². The fraction of sp³-hybridized carbons (Fsp3) is 0.500. The highest BCUT2D eigenvalue weighted by Gasteiger charge is 2.37. The lowest BCUT2D eigenvalue weighted by atomic mass is 10.1. The number of nitrogens with zero attached hydrogens (tertiary/aromatic N) is 4. The van der Waals surface area contributed by atoms with Gasteiger partial charge >= 0.3 is 18.4 Å². The molecular weight excluding hydrogens is 583 g/mol. The van der Waals surface area contributed by atoms with E-state index in [1.165, 1.54) is 22.6 Å². The number of carbonyl (C=O) groups is 2. The van der Waals surface area contributed by atoms with Gasteiger partial charge in [-0.2, -0.15) is 18.2 Å². The first-order valence-electron chi connectivity index (χ1n) is 14.1. The second kappa shape index (κ2) is 14.4. The van der Waals surface area contributed by atoms with Crippen molar-refractivity contribution < 1.29 is 41.9 Å². The summed E-state index contributed by atoms with van der Waals surface area (Å²) < 4.78 is 58.1. The minimum Gasteiger partial charge on any atom is -0.489 e. The zero-order valence-electron chi connectivity index (χ0n) is 25.6. The van der Waals surface area contributed by atoms with Crippen LogP contribution in [-0.2, 0) is 10.9 Å². The summed E-state index contributed by atoms with van der Waals surface area (Å²) in [6.07, 6.45) is -0.720. The molecule has 1 aromatic heterocycles. The second-order valence-corrected chi connectivity index (χ2v) is 11.5. The van der Waals surface area contributed by atoms with Crippen LogP contribution in [0.25, 0.3) is 11.4 Å². The summed E-state index contributed by atoms with van der Waals surface area (Å²) in [4.78, 5) is 33.0. The van der Waals surface area contributed by atoms with E-state index in [2.05, 4.69) is 26.5 Å². The van der Waals surface area contributed by atoms with Crippen molar-refractivity contribution >= 4 is 18.1 Å². The molecule has 2 amide bonds. The van der Waals surface area contributed by atoms with Crippen molar-refractivity contribution in [1.82, 2.24) is 20.4 Å². The van der Waals surface area contributed by atoms with Crippen molar-refractivity contribution in [2.45, 2.75) is 85.0 Å². The number of benzene rings is 1. The maximum Gasteiger partial charge on any atom is 0.434 e. The number of amides is 2. The molecule has 0 radical (unpaired) electrons. The quantitative estimate of drug-likeness (QED) is 0.174. The van der Waals surface area contributed by atoms with Crippen molar-refractivity contribution in [3.8, 4) is 17.1 Å². The number of halogens is 3. The van der Waals surface area contributed by atoms with Gasteiger partial charge in [-0.1, -0.05) is 22.4 Å². The Balaban J connectivity index is 1.81. The van der Waals surface area contributed by atoms with Gasteiger partial charge in [-0.3, -0.25) is 5.32 Å². The molecule has 3 rings (SSSR count). The predicted octanol–water partition coefficient (Wildman–Crippen LogP) is 7.52. The summed E-state index contributed by atoms with van der Waals surface area (Å²) in [5.41, 5.74) is 0.415.